The number of nitrogens with zero attached hydrogens (tertiary/aromatic N) is 2. The van der Waals surface area contributed by atoms with Crippen LogP contribution < -0.4 is 5.32 Å². The summed E-state index contributed by atoms with van der Waals surface area (Å²) in [6, 6.07) is 8.85. The summed E-state index contributed by atoms with van der Waals surface area (Å²) in [6.07, 6.45) is 0. The first-order valence-electron chi connectivity index (χ1n) is 5.47. The second-order valence-corrected chi connectivity index (χ2v) is 6.17. The first-order chi connectivity index (χ1) is 8.16. The highest BCUT2D eigenvalue weighted by molar-refractivity contribution is 14.1. The Bertz CT molecular complexity index is 479. The van der Waals surface area contributed by atoms with Gasteiger partial charge in [-0.2, -0.15) is 0 Å². The Morgan fingerprint density at radius 1 is 1.29 bits per heavy atom. The predicted octanol–water partition coefficient (Wildman–Crippen LogP) is 3.31. The largest absolute Gasteiger partial charge is 0.310 e. The van der Waals surface area contributed by atoms with Gasteiger partial charge in [-0.3, -0.25) is 0 Å². The molecule has 0 fully saturated rings. The van der Waals surface area contributed by atoms with Gasteiger partial charge in [0.15, 0.2) is 0 Å². The number of halogens is 1. The molecule has 2 aromatic rings. The highest BCUT2D eigenvalue weighted by atomic mass is 127. The van der Waals surface area contributed by atoms with E-state index in [9.17, 15) is 0 Å². The first kappa shape index (κ1) is 12.9. The van der Waals surface area contributed by atoms with Crippen LogP contribution in [0.3, 0.4) is 0 Å². The normalized spacial score (nSPS) is 11.1. The van der Waals surface area contributed by atoms with Gasteiger partial charge in [0, 0.05) is 21.7 Å². The predicted molar refractivity (Wildman–Crippen MR) is 80.0 cm³/mol. The van der Waals surface area contributed by atoms with Crippen LogP contribution in [0.15, 0.2) is 24.3 Å². The fraction of sp³-hybridized carbons (Fsp3) is 0.333. The number of aromatic nitrogens is 2. The van der Waals surface area contributed by atoms with Crippen LogP contribution >= 0.6 is 34.1 Å². The van der Waals surface area contributed by atoms with Crippen molar-refractivity contribution in [3.63, 3.8) is 0 Å². The topological polar surface area (TPSA) is 37.8 Å². The molecule has 2 rings (SSSR count). The Kier molecular flexibility index (Phi) is 4.47. The Hall–Kier alpha value is -0.530. The SMILES string of the molecule is CC(C)NCc1snnc1-c1ccc(I)cc1. The van der Waals surface area contributed by atoms with Crippen molar-refractivity contribution < 1.29 is 0 Å². The molecule has 0 amide bonds. The average molecular weight is 359 g/mol. The third-order valence-corrected chi connectivity index (χ3v) is 3.79. The summed E-state index contributed by atoms with van der Waals surface area (Å²) in [5, 5.41) is 7.62. The summed E-state index contributed by atoms with van der Waals surface area (Å²) in [4.78, 5) is 1.19. The van der Waals surface area contributed by atoms with E-state index >= 15 is 0 Å². The first-order valence-corrected chi connectivity index (χ1v) is 7.32. The lowest BCUT2D eigenvalue weighted by Gasteiger charge is -2.07. The smallest absolute Gasteiger partial charge is 0.110 e. The van der Waals surface area contributed by atoms with Gasteiger partial charge in [0.05, 0.1) is 4.88 Å². The maximum Gasteiger partial charge on any atom is 0.110 e. The second-order valence-electron chi connectivity index (χ2n) is 4.09. The van der Waals surface area contributed by atoms with Gasteiger partial charge >= 0.3 is 0 Å². The summed E-state index contributed by atoms with van der Waals surface area (Å²) >= 11 is 3.77. The molecule has 1 heterocycles. The van der Waals surface area contributed by atoms with Crippen LogP contribution in [-0.4, -0.2) is 15.6 Å². The van der Waals surface area contributed by atoms with Crippen LogP contribution in [-0.2, 0) is 6.54 Å². The van der Waals surface area contributed by atoms with Crippen molar-refractivity contribution in [2.24, 2.45) is 0 Å². The summed E-state index contributed by atoms with van der Waals surface area (Å²) in [5.74, 6) is 0. The van der Waals surface area contributed by atoms with E-state index in [1.807, 2.05) is 0 Å². The number of benzene rings is 1. The molecule has 0 atom stereocenters. The van der Waals surface area contributed by atoms with Crippen molar-refractivity contribution in [3.8, 4) is 11.3 Å². The van der Waals surface area contributed by atoms with E-state index in [0.717, 1.165) is 17.8 Å². The van der Waals surface area contributed by atoms with Crippen LogP contribution in [0, 0.1) is 3.57 Å². The lowest BCUT2D eigenvalue weighted by atomic mass is 10.1. The molecule has 1 aromatic carbocycles. The fourth-order valence-electron chi connectivity index (χ4n) is 1.45. The molecule has 0 aliphatic carbocycles. The minimum atomic E-state index is 0.474. The van der Waals surface area contributed by atoms with Gasteiger partial charge in [0.1, 0.15) is 5.69 Å². The number of nitrogens with one attached hydrogen (secondary N) is 1. The lowest BCUT2D eigenvalue weighted by Crippen LogP contribution is -2.21. The van der Waals surface area contributed by atoms with Crippen LogP contribution in [0.4, 0.5) is 0 Å². The molecule has 17 heavy (non-hydrogen) atoms. The van der Waals surface area contributed by atoms with Crippen molar-refractivity contribution in [1.82, 2.24) is 14.9 Å². The Morgan fingerprint density at radius 3 is 2.65 bits per heavy atom. The molecule has 0 radical (unpaired) electrons. The van der Waals surface area contributed by atoms with Crippen molar-refractivity contribution >= 4 is 34.1 Å². The molecule has 0 aliphatic rings. The zero-order valence-corrected chi connectivity index (χ0v) is 12.7. The summed E-state index contributed by atoms with van der Waals surface area (Å²) in [5.41, 5.74) is 2.14. The van der Waals surface area contributed by atoms with E-state index in [0.29, 0.717) is 6.04 Å². The van der Waals surface area contributed by atoms with Crippen molar-refractivity contribution in [1.29, 1.82) is 0 Å². The zero-order chi connectivity index (χ0) is 12.3. The monoisotopic (exact) mass is 359 g/mol. The number of hydrogen-bond acceptors (Lipinski definition) is 4. The molecule has 0 spiro atoms. The molecular weight excluding hydrogens is 345 g/mol. The second kappa shape index (κ2) is 5.88. The van der Waals surface area contributed by atoms with Crippen molar-refractivity contribution in [2.75, 3.05) is 0 Å². The molecule has 5 heteroatoms. The average Bonchev–Trinajstić information content (AvgIpc) is 2.75. The molecule has 0 saturated heterocycles. The summed E-state index contributed by atoms with van der Waals surface area (Å²) < 4.78 is 5.28. The molecule has 1 aromatic heterocycles. The van der Waals surface area contributed by atoms with Crippen LogP contribution in [0.25, 0.3) is 11.3 Å². The van der Waals surface area contributed by atoms with Gasteiger partial charge in [-0.1, -0.05) is 30.5 Å². The van der Waals surface area contributed by atoms with Crippen molar-refractivity contribution in [3.05, 3.63) is 32.7 Å². The Balaban J connectivity index is 2.21. The zero-order valence-electron chi connectivity index (χ0n) is 9.77. The van der Waals surface area contributed by atoms with E-state index < -0.39 is 0 Å². The quantitative estimate of drug-likeness (QED) is 0.852. The van der Waals surface area contributed by atoms with E-state index in [-0.39, 0.29) is 0 Å². The highest BCUT2D eigenvalue weighted by Gasteiger charge is 2.10. The lowest BCUT2D eigenvalue weighted by molar-refractivity contribution is 0.593. The Labute approximate surface area is 119 Å². The Morgan fingerprint density at radius 2 is 2.00 bits per heavy atom. The fourth-order valence-corrected chi connectivity index (χ4v) is 2.42. The maximum atomic E-state index is 4.22. The van der Waals surface area contributed by atoms with E-state index in [2.05, 4.69) is 75.6 Å². The molecule has 0 aliphatic heterocycles. The standard InChI is InChI=1S/C12H14IN3S/c1-8(2)14-7-11-12(15-16-17-11)9-3-5-10(13)6-4-9/h3-6,8,14H,7H2,1-2H3. The van der Waals surface area contributed by atoms with Gasteiger partial charge in [-0.15, -0.1) is 5.10 Å². The minimum absolute atomic E-state index is 0.474. The molecule has 90 valence electrons. The number of hydrogen-bond donors (Lipinski definition) is 1. The summed E-state index contributed by atoms with van der Waals surface area (Å²) in [6.45, 7) is 5.11. The van der Waals surface area contributed by atoms with Gasteiger partial charge in [-0.05, 0) is 46.3 Å². The van der Waals surface area contributed by atoms with Gasteiger partial charge < -0.3 is 5.32 Å². The third-order valence-electron chi connectivity index (χ3n) is 2.34. The van der Waals surface area contributed by atoms with E-state index in [1.54, 1.807) is 0 Å². The molecule has 0 bridgehead atoms. The highest BCUT2D eigenvalue weighted by Crippen LogP contribution is 2.24. The van der Waals surface area contributed by atoms with Crippen LogP contribution in [0.1, 0.15) is 18.7 Å². The van der Waals surface area contributed by atoms with Gasteiger partial charge in [-0.25, -0.2) is 0 Å². The van der Waals surface area contributed by atoms with Crippen molar-refractivity contribution in [2.45, 2.75) is 26.4 Å². The van der Waals surface area contributed by atoms with E-state index in [1.165, 1.54) is 20.0 Å². The van der Waals surface area contributed by atoms with Crippen LogP contribution in [0.5, 0.6) is 0 Å². The van der Waals surface area contributed by atoms with Crippen LogP contribution in [0.2, 0.25) is 0 Å². The minimum Gasteiger partial charge on any atom is -0.310 e. The third kappa shape index (κ3) is 3.46. The molecule has 3 nitrogen and oxygen atoms in total. The molecular formula is C12H14IN3S. The molecule has 0 unspecified atom stereocenters. The maximum absolute atomic E-state index is 4.22. The van der Waals surface area contributed by atoms with Gasteiger partial charge in [0.2, 0.25) is 0 Å². The number of rotatable bonds is 4. The molecule has 1 N–H and O–H groups in total. The summed E-state index contributed by atoms with van der Waals surface area (Å²) in [7, 11) is 0. The van der Waals surface area contributed by atoms with E-state index in [4.69, 9.17) is 0 Å². The van der Waals surface area contributed by atoms with Gasteiger partial charge in [0.25, 0.3) is 0 Å². The molecule has 0 saturated carbocycles.